The van der Waals surface area contributed by atoms with Gasteiger partial charge in [-0.3, -0.25) is 0 Å². The number of nitrogens with one attached hydrogen (secondary N) is 1. The first-order valence-corrected chi connectivity index (χ1v) is 8.44. The summed E-state index contributed by atoms with van der Waals surface area (Å²) >= 11 is 1.95. The fraction of sp³-hybridized carbons (Fsp3) is 0.812. The average Bonchev–Trinajstić information content (AvgIpc) is 2.91. The van der Waals surface area contributed by atoms with Gasteiger partial charge < -0.3 is 5.32 Å². The molecule has 1 aromatic rings. The third kappa shape index (κ3) is 3.57. The molecule has 19 heavy (non-hydrogen) atoms. The molecular formula is C16H28N2S. The molecule has 0 saturated heterocycles. The molecule has 0 bridgehead atoms. The first-order chi connectivity index (χ1) is 8.91. The van der Waals surface area contributed by atoms with Crippen LogP contribution in [0.4, 0.5) is 0 Å². The molecule has 0 spiro atoms. The van der Waals surface area contributed by atoms with Gasteiger partial charge in [0, 0.05) is 22.8 Å². The topological polar surface area (TPSA) is 24.9 Å². The highest BCUT2D eigenvalue weighted by atomic mass is 32.1. The van der Waals surface area contributed by atoms with Gasteiger partial charge in [0.2, 0.25) is 0 Å². The van der Waals surface area contributed by atoms with Crippen molar-refractivity contribution in [1.29, 1.82) is 0 Å². The second kappa shape index (κ2) is 5.92. The minimum atomic E-state index is 0.156. The quantitative estimate of drug-likeness (QED) is 0.881. The molecule has 1 fully saturated rings. The van der Waals surface area contributed by atoms with Crippen molar-refractivity contribution in [2.75, 3.05) is 6.54 Å². The molecule has 1 aromatic heterocycles. The molecule has 1 N–H and O–H groups in total. The summed E-state index contributed by atoms with van der Waals surface area (Å²) in [6.45, 7) is 13.4. The molecule has 108 valence electrons. The lowest BCUT2D eigenvalue weighted by Gasteiger charge is -2.17. The molecule has 2 unspecified atom stereocenters. The number of hydrogen-bond donors (Lipinski definition) is 1. The lowest BCUT2D eigenvalue weighted by Crippen LogP contribution is -2.18. The van der Waals surface area contributed by atoms with Gasteiger partial charge in [0.25, 0.3) is 0 Å². The normalized spacial score (nSPS) is 24.1. The summed E-state index contributed by atoms with van der Waals surface area (Å²) in [4.78, 5) is 6.48. The fourth-order valence-electron chi connectivity index (χ4n) is 2.92. The van der Waals surface area contributed by atoms with Crippen molar-refractivity contribution in [3.63, 3.8) is 0 Å². The summed E-state index contributed by atoms with van der Waals surface area (Å²) in [5.41, 5.74) is 1.47. The Bertz CT molecular complexity index is 417. The van der Waals surface area contributed by atoms with E-state index in [2.05, 4.69) is 39.9 Å². The fourth-order valence-corrected chi connectivity index (χ4v) is 4.31. The van der Waals surface area contributed by atoms with E-state index in [0.717, 1.165) is 24.9 Å². The lowest BCUT2D eigenvalue weighted by atomic mass is 9.91. The second-order valence-corrected chi connectivity index (χ2v) is 8.08. The summed E-state index contributed by atoms with van der Waals surface area (Å²) in [5, 5.41) is 4.85. The van der Waals surface area contributed by atoms with Gasteiger partial charge in [-0.05, 0) is 25.3 Å². The van der Waals surface area contributed by atoms with Gasteiger partial charge >= 0.3 is 0 Å². The molecule has 2 atom stereocenters. The highest BCUT2D eigenvalue weighted by Gasteiger charge is 2.29. The lowest BCUT2D eigenvalue weighted by molar-refractivity contribution is 0.553. The molecule has 0 radical (unpaired) electrons. The Morgan fingerprint density at radius 2 is 2.05 bits per heavy atom. The van der Waals surface area contributed by atoms with E-state index in [-0.39, 0.29) is 5.41 Å². The third-order valence-electron chi connectivity index (χ3n) is 4.00. The standard InChI is InChI=1S/C16H28N2S/c1-6-17-10-13-14(16(3,4)5)18-15(19-13)12-8-7-11(2)9-12/h11-12,17H,6-10H2,1-5H3. The first kappa shape index (κ1) is 15.0. The van der Waals surface area contributed by atoms with E-state index in [9.17, 15) is 0 Å². The summed E-state index contributed by atoms with van der Waals surface area (Å²) in [6, 6.07) is 0. The van der Waals surface area contributed by atoms with E-state index in [1.54, 1.807) is 0 Å². The zero-order valence-electron chi connectivity index (χ0n) is 13.0. The average molecular weight is 280 g/mol. The van der Waals surface area contributed by atoms with Crippen LogP contribution in [0.5, 0.6) is 0 Å². The van der Waals surface area contributed by atoms with Crippen molar-refractivity contribution in [1.82, 2.24) is 10.3 Å². The van der Waals surface area contributed by atoms with Crippen LogP contribution in [0.15, 0.2) is 0 Å². The number of rotatable bonds is 4. The molecule has 1 heterocycles. The van der Waals surface area contributed by atoms with Crippen molar-refractivity contribution in [3.05, 3.63) is 15.6 Å². The van der Waals surface area contributed by atoms with Crippen LogP contribution in [0.2, 0.25) is 0 Å². The van der Waals surface area contributed by atoms with E-state index in [1.165, 1.54) is 34.8 Å². The highest BCUT2D eigenvalue weighted by Crippen LogP contribution is 2.41. The van der Waals surface area contributed by atoms with Crippen LogP contribution >= 0.6 is 11.3 Å². The van der Waals surface area contributed by atoms with Crippen molar-refractivity contribution in [3.8, 4) is 0 Å². The van der Waals surface area contributed by atoms with Gasteiger partial charge in [-0.2, -0.15) is 0 Å². The second-order valence-electron chi connectivity index (χ2n) is 6.97. The Balaban J connectivity index is 2.23. The molecule has 1 aliphatic carbocycles. The van der Waals surface area contributed by atoms with Crippen LogP contribution in [0.25, 0.3) is 0 Å². The van der Waals surface area contributed by atoms with E-state index in [0.29, 0.717) is 0 Å². The smallest absolute Gasteiger partial charge is 0.0962 e. The maximum absolute atomic E-state index is 5.03. The Kier molecular flexibility index (Phi) is 4.67. The zero-order valence-corrected chi connectivity index (χ0v) is 13.9. The number of thiazole rings is 1. The molecule has 1 aliphatic rings. The number of hydrogen-bond acceptors (Lipinski definition) is 3. The Labute approximate surface area is 122 Å². The molecule has 2 rings (SSSR count). The SMILES string of the molecule is CCNCc1sc(C2CCC(C)C2)nc1C(C)(C)C. The Morgan fingerprint density at radius 1 is 1.32 bits per heavy atom. The predicted octanol–water partition coefficient (Wildman–Crippen LogP) is 4.45. The molecule has 1 saturated carbocycles. The van der Waals surface area contributed by atoms with Gasteiger partial charge in [-0.1, -0.05) is 41.0 Å². The summed E-state index contributed by atoms with van der Waals surface area (Å²) in [5.74, 6) is 1.60. The van der Waals surface area contributed by atoms with Gasteiger partial charge in [-0.15, -0.1) is 11.3 Å². The molecule has 3 heteroatoms. The molecule has 2 nitrogen and oxygen atoms in total. The van der Waals surface area contributed by atoms with Crippen LogP contribution in [0.3, 0.4) is 0 Å². The van der Waals surface area contributed by atoms with E-state index >= 15 is 0 Å². The summed E-state index contributed by atoms with van der Waals surface area (Å²) in [6.07, 6.45) is 4.04. The maximum atomic E-state index is 5.03. The maximum Gasteiger partial charge on any atom is 0.0962 e. The Hall–Kier alpha value is -0.410. The van der Waals surface area contributed by atoms with Crippen molar-refractivity contribution >= 4 is 11.3 Å². The molecule has 0 aromatic carbocycles. The van der Waals surface area contributed by atoms with E-state index in [4.69, 9.17) is 4.98 Å². The van der Waals surface area contributed by atoms with Crippen molar-refractivity contribution < 1.29 is 0 Å². The minimum Gasteiger partial charge on any atom is -0.312 e. The van der Waals surface area contributed by atoms with Crippen molar-refractivity contribution in [2.24, 2.45) is 5.92 Å². The number of nitrogens with zero attached hydrogens (tertiary/aromatic N) is 1. The first-order valence-electron chi connectivity index (χ1n) is 7.62. The van der Waals surface area contributed by atoms with E-state index < -0.39 is 0 Å². The van der Waals surface area contributed by atoms with Crippen LogP contribution < -0.4 is 5.32 Å². The zero-order chi connectivity index (χ0) is 14.0. The third-order valence-corrected chi connectivity index (χ3v) is 5.22. The largest absolute Gasteiger partial charge is 0.312 e. The summed E-state index contributed by atoms with van der Waals surface area (Å²) < 4.78 is 0. The minimum absolute atomic E-state index is 0.156. The predicted molar refractivity (Wildman–Crippen MR) is 84.0 cm³/mol. The monoisotopic (exact) mass is 280 g/mol. The van der Waals surface area contributed by atoms with Crippen molar-refractivity contribution in [2.45, 2.75) is 71.8 Å². The van der Waals surface area contributed by atoms with Crippen LogP contribution in [-0.2, 0) is 12.0 Å². The van der Waals surface area contributed by atoms with Gasteiger partial charge in [0.1, 0.15) is 0 Å². The number of aromatic nitrogens is 1. The van der Waals surface area contributed by atoms with Crippen LogP contribution in [-0.4, -0.2) is 11.5 Å². The highest BCUT2D eigenvalue weighted by molar-refractivity contribution is 7.11. The van der Waals surface area contributed by atoms with Gasteiger partial charge in [0.15, 0.2) is 0 Å². The van der Waals surface area contributed by atoms with Gasteiger partial charge in [0.05, 0.1) is 10.7 Å². The molecular weight excluding hydrogens is 252 g/mol. The molecule has 0 aliphatic heterocycles. The van der Waals surface area contributed by atoms with Crippen LogP contribution in [0.1, 0.15) is 75.4 Å². The van der Waals surface area contributed by atoms with E-state index in [1.807, 2.05) is 11.3 Å². The van der Waals surface area contributed by atoms with Crippen LogP contribution in [0, 0.1) is 5.92 Å². The summed E-state index contributed by atoms with van der Waals surface area (Å²) in [7, 11) is 0. The molecule has 0 amide bonds. The Morgan fingerprint density at radius 3 is 2.58 bits per heavy atom. The van der Waals surface area contributed by atoms with Gasteiger partial charge in [-0.25, -0.2) is 4.98 Å².